The minimum atomic E-state index is -0.00597. The number of rotatable bonds is 1. The van der Waals surface area contributed by atoms with E-state index >= 15 is 0 Å². The van der Waals surface area contributed by atoms with Crippen LogP contribution in [0, 0.1) is 11.6 Å². The fourth-order valence-electron chi connectivity index (χ4n) is 3.16. The highest BCUT2D eigenvalue weighted by Gasteiger charge is 2.14. The average molecular weight is 332 g/mol. The summed E-state index contributed by atoms with van der Waals surface area (Å²) in [6.45, 7) is 1.80. The van der Waals surface area contributed by atoms with Gasteiger partial charge in [-0.05, 0) is 37.3 Å². The standard InChI is InChI=1S/C18H12N4OS/c1-11-10-21-15(9-16(11)23)17(24)22-14-5-4-12(20-6-2-3-7-20)8-13(14)19-18(21)22/h2-10H,1H3. The fraction of sp³-hybridized carbons (Fsp3) is 0.0556. The van der Waals surface area contributed by atoms with E-state index in [0.717, 1.165) is 28.0 Å². The molecule has 0 amide bonds. The van der Waals surface area contributed by atoms with Crippen LogP contribution in [0.2, 0.25) is 0 Å². The summed E-state index contributed by atoms with van der Waals surface area (Å²) in [6.07, 6.45) is 5.80. The lowest BCUT2D eigenvalue weighted by Crippen LogP contribution is -2.04. The Labute approximate surface area is 141 Å². The van der Waals surface area contributed by atoms with E-state index in [1.165, 1.54) is 0 Å². The number of benzene rings is 1. The van der Waals surface area contributed by atoms with Crippen molar-refractivity contribution in [1.82, 2.24) is 18.4 Å². The van der Waals surface area contributed by atoms with E-state index in [4.69, 9.17) is 17.2 Å². The van der Waals surface area contributed by atoms with Gasteiger partial charge in [0.05, 0.1) is 16.6 Å². The van der Waals surface area contributed by atoms with Crippen LogP contribution in [0.1, 0.15) is 5.56 Å². The molecule has 0 saturated heterocycles. The van der Waals surface area contributed by atoms with E-state index in [-0.39, 0.29) is 5.43 Å². The fourth-order valence-corrected chi connectivity index (χ4v) is 3.50. The first-order chi connectivity index (χ1) is 11.6. The number of fused-ring (bicyclic) bond motifs is 5. The Morgan fingerprint density at radius 3 is 2.67 bits per heavy atom. The summed E-state index contributed by atoms with van der Waals surface area (Å²) in [6, 6.07) is 11.7. The molecule has 5 rings (SSSR count). The van der Waals surface area contributed by atoms with Crippen molar-refractivity contribution in [3.8, 4) is 5.69 Å². The van der Waals surface area contributed by atoms with Crippen molar-refractivity contribution in [2.75, 3.05) is 0 Å². The third kappa shape index (κ3) is 1.66. The van der Waals surface area contributed by atoms with Crippen LogP contribution in [0.3, 0.4) is 0 Å². The van der Waals surface area contributed by atoms with Gasteiger partial charge in [0.1, 0.15) is 4.64 Å². The van der Waals surface area contributed by atoms with Gasteiger partial charge >= 0.3 is 0 Å². The maximum absolute atomic E-state index is 11.9. The predicted molar refractivity (Wildman–Crippen MR) is 96.0 cm³/mol. The van der Waals surface area contributed by atoms with Crippen LogP contribution in [0.5, 0.6) is 0 Å². The second-order valence-electron chi connectivity index (χ2n) is 5.89. The van der Waals surface area contributed by atoms with Crippen LogP contribution in [-0.4, -0.2) is 18.4 Å². The Morgan fingerprint density at radius 2 is 1.88 bits per heavy atom. The highest BCUT2D eigenvalue weighted by Crippen LogP contribution is 2.23. The summed E-state index contributed by atoms with van der Waals surface area (Å²) in [7, 11) is 0. The van der Waals surface area contributed by atoms with Gasteiger partial charge in [-0.3, -0.25) is 13.6 Å². The molecule has 0 saturated carbocycles. The van der Waals surface area contributed by atoms with Crippen molar-refractivity contribution >= 4 is 34.5 Å². The van der Waals surface area contributed by atoms with Crippen LogP contribution in [-0.2, 0) is 0 Å². The highest BCUT2D eigenvalue weighted by molar-refractivity contribution is 7.71. The molecular weight excluding hydrogens is 320 g/mol. The van der Waals surface area contributed by atoms with Crippen molar-refractivity contribution in [3.63, 3.8) is 0 Å². The maximum atomic E-state index is 11.9. The van der Waals surface area contributed by atoms with Gasteiger partial charge in [-0.15, -0.1) is 0 Å². The van der Waals surface area contributed by atoms with Crippen molar-refractivity contribution in [2.45, 2.75) is 6.92 Å². The minimum Gasteiger partial charge on any atom is -0.324 e. The second kappa shape index (κ2) is 4.52. The number of hydrogen-bond acceptors (Lipinski definition) is 3. The first kappa shape index (κ1) is 13.4. The summed E-state index contributed by atoms with van der Waals surface area (Å²) in [5.41, 5.74) is 4.26. The lowest BCUT2D eigenvalue weighted by atomic mass is 10.2. The second-order valence-corrected chi connectivity index (χ2v) is 6.28. The van der Waals surface area contributed by atoms with E-state index in [0.29, 0.717) is 10.2 Å². The molecular formula is C18H12N4OS. The Bertz CT molecular complexity index is 1350. The van der Waals surface area contributed by atoms with Gasteiger partial charge in [-0.1, -0.05) is 12.2 Å². The molecule has 0 radical (unpaired) electrons. The zero-order valence-electron chi connectivity index (χ0n) is 12.8. The van der Waals surface area contributed by atoms with Gasteiger partial charge in [0, 0.05) is 35.9 Å². The quantitative estimate of drug-likeness (QED) is 0.442. The van der Waals surface area contributed by atoms with Gasteiger partial charge in [0.25, 0.3) is 0 Å². The molecule has 4 aromatic heterocycles. The molecule has 0 aliphatic carbocycles. The van der Waals surface area contributed by atoms with Crippen molar-refractivity contribution in [3.05, 3.63) is 75.4 Å². The van der Waals surface area contributed by atoms with Gasteiger partial charge in [-0.25, -0.2) is 4.98 Å². The monoisotopic (exact) mass is 332 g/mol. The molecule has 116 valence electrons. The average Bonchev–Trinajstić information content (AvgIpc) is 3.26. The lowest BCUT2D eigenvalue weighted by molar-refractivity contribution is 1.08. The number of pyridine rings is 1. The summed E-state index contributed by atoms with van der Waals surface area (Å²) in [5.74, 6) is 0.734. The SMILES string of the molecule is Cc1cn2c(cc1=O)c(=S)n1c3ccc(-n4cccc4)cc3nc21. The van der Waals surface area contributed by atoms with E-state index < -0.39 is 0 Å². The molecule has 6 heteroatoms. The molecule has 1 aromatic carbocycles. The molecule has 0 aliphatic rings. The van der Waals surface area contributed by atoms with Crippen LogP contribution in [0.4, 0.5) is 0 Å². The van der Waals surface area contributed by atoms with Gasteiger partial charge in [-0.2, -0.15) is 0 Å². The molecule has 0 spiro atoms. The molecule has 5 nitrogen and oxygen atoms in total. The number of aryl methyl sites for hydroxylation is 1. The predicted octanol–water partition coefficient (Wildman–Crippen LogP) is 3.37. The Hall–Kier alpha value is -2.99. The number of aromatic nitrogens is 4. The van der Waals surface area contributed by atoms with Crippen LogP contribution in [0.25, 0.3) is 28.0 Å². The van der Waals surface area contributed by atoms with Crippen molar-refractivity contribution in [1.29, 1.82) is 0 Å². The summed E-state index contributed by atoms with van der Waals surface area (Å²) in [5, 5.41) is 0. The zero-order valence-corrected chi connectivity index (χ0v) is 13.6. The minimum absolute atomic E-state index is 0.00597. The summed E-state index contributed by atoms with van der Waals surface area (Å²) >= 11 is 5.58. The molecule has 0 aliphatic heterocycles. The normalized spacial score (nSPS) is 11.9. The zero-order chi connectivity index (χ0) is 16.4. The Kier molecular flexibility index (Phi) is 2.53. The smallest absolute Gasteiger partial charge is 0.220 e. The van der Waals surface area contributed by atoms with Crippen LogP contribution in [0.15, 0.2) is 59.8 Å². The van der Waals surface area contributed by atoms with E-state index in [1.54, 1.807) is 13.0 Å². The van der Waals surface area contributed by atoms with Crippen molar-refractivity contribution < 1.29 is 0 Å². The third-order valence-corrected chi connectivity index (χ3v) is 4.79. The molecule has 0 N–H and O–H groups in total. The first-order valence-electron chi connectivity index (χ1n) is 7.58. The van der Waals surface area contributed by atoms with Crippen LogP contribution >= 0.6 is 12.2 Å². The largest absolute Gasteiger partial charge is 0.324 e. The topological polar surface area (TPSA) is 43.7 Å². The summed E-state index contributed by atoms with van der Waals surface area (Å²) < 4.78 is 6.47. The summed E-state index contributed by atoms with van der Waals surface area (Å²) in [4.78, 5) is 16.7. The number of hydrogen-bond donors (Lipinski definition) is 0. The molecule has 4 heterocycles. The molecule has 0 fully saturated rings. The van der Waals surface area contributed by atoms with E-state index in [9.17, 15) is 4.79 Å². The lowest BCUT2D eigenvalue weighted by Gasteiger charge is -2.02. The molecule has 0 atom stereocenters. The van der Waals surface area contributed by atoms with Crippen LogP contribution < -0.4 is 5.43 Å². The van der Waals surface area contributed by atoms with Crippen molar-refractivity contribution in [2.24, 2.45) is 0 Å². The molecule has 0 unspecified atom stereocenters. The van der Waals surface area contributed by atoms with Gasteiger partial charge in [0.2, 0.25) is 5.78 Å². The molecule has 0 bridgehead atoms. The van der Waals surface area contributed by atoms with Gasteiger partial charge < -0.3 is 4.57 Å². The third-order valence-electron chi connectivity index (χ3n) is 4.40. The van der Waals surface area contributed by atoms with Gasteiger partial charge in [0.15, 0.2) is 5.43 Å². The number of nitrogens with zero attached hydrogens (tertiary/aromatic N) is 4. The highest BCUT2D eigenvalue weighted by atomic mass is 32.1. The molecule has 24 heavy (non-hydrogen) atoms. The Morgan fingerprint density at radius 1 is 1.08 bits per heavy atom. The maximum Gasteiger partial charge on any atom is 0.220 e. The molecule has 5 aromatic rings. The number of imidazole rings is 2. The van der Waals surface area contributed by atoms with E-state index in [2.05, 4.69) is 0 Å². The first-order valence-corrected chi connectivity index (χ1v) is 7.98. The Balaban J connectivity index is 1.92. The van der Waals surface area contributed by atoms with E-state index in [1.807, 2.05) is 62.3 Å².